The second-order valence-electron chi connectivity index (χ2n) is 18.5. The largest absolute Gasteiger partial charge is 1.00 e. The number of hydrogen-bond donors (Lipinski definition) is 1. The van der Waals surface area contributed by atoms with Crippen molar-refractivity contribution in [2.45, 2.75) is 95.5 Å². The Morgan fingerprint density at radius 2 is 0.866 bits per heavy atom. The molecule has 0 unspecified atom stereocenters. The summed E-state index contributed by atoms with van der Waals surface area (Å²) >= 11 is 26.7. The Balaban J connectivity index is 0.000000221. The Kier molecular flexibility index (Phi) is 25.0. The van der Waals surface area contributed by atoms with Crippen molar-refractivity contribution in [3.63, 3.8) is 0 Å². The van der Waals surface area contributed by atoms with Gasteiger partial charge in [-0.3, -0.25) is 41.8 Å². The number of fused-ring (bicyclic) bond motifs is 3. The zero-order valence-corrected chi connectivity index (χ0v) is 55.0. The molecule has 0 radical (unpaired) electrons. The minimum atomic E-state index is -3.78. The molecule has 0 aliphatic rings. The van der Waals surface area contributed by atoms with E-state index < -0.39 is 21.1 Å². The van der Waals surface area contributed by atoms with E-state index in [-0.39, 0.29) is 94.5 Å². The van der Waals surface area contributed by atoms with Crippen LogP contribution in [0.5, 0.6) is 0 Å². The molecule has 29 heteroatoms. The monoisotopic (exact) mass is 1310 g/mol. The Hall–Kier alpha value is -4.93. The Labute approximate surface area is 526 Å². The summed E-state index contributed by atoms with van der Waals surface area (Å²) in [7, 11) is 0.945. The molecule has 0 bridgehead atoms. The van der Waals surface area contributed by atoms with Gasteiger partial charge in [-0.1, -0.05) is 110 Å². The quantitative estimate of drug-likeness (QED) is 0.0590. The fourth-order valence-electron chi connectivity index (χ4n) is 8.69. The minimum Gasteiger partial charge on any atom is -0.796 e. The summed E-state index contributed by atoms with van der Waals surface area (Å²) in [6, 6.07) is 21.7. The summed E-state index contributed by atoms with van der Waals surface area (Å²) < 4.78 is 37.7. The Morgan fingerprint density at radius 1 is 0.537 bits per heavy atom. The zero-order valence-electron chi connectivity index (χ0n) is 46.7. The van der Waals surface area contributed by atoms with Crippen LogP contribution in [0.4, 0.5) is 0 Å². The summed E-state index contributed by atoms with van der Waals surface area (Å²) in [6.07, 6.45) is 8.07. The number of hydrogen-bond acceptors (Lipinski definition) is 14. The van der Waals surface area contributed by atoms with E-state index in [9.17, 15) is 37.2 Å². The second kappa shape index (κ2) is 30.2. The number of unbranched alkanes of at least 4 members (excludes halogenated alkanes) is 2. The predicted octanol–water partition coefficient (Wildman–Crippen LogP) is 3.83. The van der Waals surface area contributed by atoms with Gasteiger partial charge in [0.2, 0.25) is 15.0 Å². The number of rotatable bonds is 17. The molecule has 3 aromatic carbocycles. The van der Waals surface area contributed by atoms with Crippen LogP contribution in [0.2, 0.25) is 15.1 Å². The molecule has 0 spiro atoms. The van der Waals surface area contributed by atoms with Crippen molar-refractivity contribution in [3.05, 3.63) is 172 Å². The molecule has 6 heterocycles. The van der Waals surface area contributed by atoms with E-state index in [0.29, 0.717) is 79.0 Å². The second-order valence-corrected chi connectivity index (χ2v) is 23.2. The molecule has 0 atom stereocenters. The maximum absolute atomic E-state index is 13.1. The van der Waals surface area contributed by atoms with Gasteiger partial charge in [0.05, 0.1) is 19.6 Å². The van der Waals surface area contributed by atoms with Crippen LogP contribution in [0, 0.1) is 0 Å². The van der Waals surface area contributed by atoms with E-state index in [1.165, 1.54) is 41.6 Å². The van der Waals surface area contributed by atoms with Gasteiger partial charge in [0.1, 0.15) is 0 Å². The number of nitrogens with zero attached hydrogens (tertiary/aromatic N) is 12. The van der Waals surface area contributed by atoms with E-state index in [4.69, 9.17) is 39.9 Å². The van der Waals surface area contributed by atoms with Crippen molar-refractivity contribution in [3.8, 4) is 0 Å². The topological polar surface area (TPSA) is 240 Å². The van der Waals surface area contributed by atoms with Gasteiger partial charge in [0, 0.05) is 68.7 Å². The molecular weight excluding hydrogens is 1250 g/mol. The number of thioether (sulfide) groups is 1. The molecule has 434 valence electrons. The van der Waals surface area contributed by atoms with Crippen LogP contribution in [0.3, 0.4) is 0 Å². The number of aryl methyl sites for hydroxylation is 3. The van der Waals surface area contributed by atoms with Gasteiger partial charge in [-0.15, -0.1) is 0 Å². The van der Waals surface area contributed by atoms with Crippen molar-refractivity contribution < 1.29 is 43.1 Å². The maximum atomic E-state index is 13.1. The van der Waals surface area contributed by atoms with E-state index >= 15 is 0 Å². The molecule has 0 amide bonds. The summed E-state index contributed by atoms with van der Waals surface area (Å²) in [6.45, 7) is 5.70. The maximum Gasteiger partial charge on any atom is 1.00 e. The first kappa shape index (κ1) is 67.9. The van der Waals surface area contributed by atoms with Crippen molar-refractivity contribution in [1.82, 2.24) is 56.1 Å². The third kappa shape index (κ3) is 15.1. The summed E-state index contributed by atoms with van der Waals surface area (Å²) in [5.74, 6) is 0. The normalized spacial score (nSPS) is 11.2. The van der Waals surface area contributed by atoms with Crippen LogP contribution in [0.25, 0.3) is 33.5 Å². The van der Waals surface area contributed by atoms with Crippen LogP contribution < -0.4 is 63.3 Å². The predicted molar refractivity (Wildman–Crippen MR) is 327 cm³/mol. The van der Waals surface area contributed by atoms with E-state index in [0.717, 1.165) is 52.2 Å². The number of aliphatic hydroxyl groups excluding tert-OH is 1. The van der Waals surface area contributed by atoms with Crippen LogP contribution in [-0.2, 0) is 82.9 Å². The van der Waals surface area contributed by atoms with Gasteiger partial charge in [0.15, 0.2) is 43.4 Å². The van der Waals surface area contributed by atoms with Crippen LogP contribution in [0.1, 0.15) is 62.6 Å². The molecule has 0 saturated carbocycles. The van der Waals surface area contributed by atoms with Crippen molar-refractivity contribution in [2.24, 2.45) is 21.1 Å². The molecule has 0 saturated heterocycles. The molecule has 9 aromatic rings. The van der Waals surface area contributed by atoms with Gasteiger partial charge in [-0.25, -0.2) is 32.8 Å². The number of aromatic nitrogens is 12. The average molecular weight is 1320 g/mol. The first-order chi connectivity index (χ1) is 38.6. The molecular formula is C53H61BrCl3N12NaO9S3. The molecule has 0 aliphatic heterocycles. The molecule has 6 aromatic heterocycles. The van der Waals surface area contributed by atoms with Gasteiger partial charge < -0.3 is 31.4 Å². The van der Waals surface area contributed by atoms with Crippen LogP contribution in [-0.4, -0.2) is 95.0 Å². The molecule has 0 fully saturated rings. The fraction of sp³-hybridized carbons (Fsp3) is 0.377. The number of aliphatic hydroxyl groups is 1. The first-order valence-electron chi connectivity index (χ1n) is 25.3. The average Bonchev–Trinajstić information content (AvgIpc) is 2.29. The third-order valence-electron chi connectivity index (χ3n) is 12.9. The number of imidazole rings is 3. The molecule has 9 rings (SSSR count). The summed E-state index contributed by atoms with van der Waals surface area (Å²) in [5.41, 5.74) is 1.87. The third-order valence-corrected chi connectivity index (χ3v) is 15.9. The standard InChI is InChI=1S/C18H21ClN4O2S.C17H18BrClN4O2.C17H19ClN4O5S.CH4S.Na/c1-4-5-10-22-16(24)14-15(21(2)18(22)25)20-17(26-3)23(14)11-12-6-8-13(19)9-7-12;1-3-4-9-22-15(24)13-14(21(2)17(22)25)20-16(18)23(13)10-11-5-7-12(19)8-6-11;1-20-14-13(15(24)21(17(20)25)8-3-9-23)22(16(19-14)28(2,26)27)10-11-4-6-12(18)7-5-11;1-2;/h6-9H,4-5,10-11H2,1-3H3;5-8H,3-4,9-10H2,1-2H3;4-7,23H,3,8-10H2,1-2H3;2H,1H3;/q;;;;+1/p-1. The smallest absolute Gasteiger partial charge is 0.796 e. The van der Waals surface area contributed by atoms with Crippen LogP contribution >= 0.6 is 62.5 Å². The Bertz CT molecular complexity index is 4210. The van der Waals surface area contributed by atoms with Crippen molar-refractivity contribution in [2.75, 3.05) is 25.4 Å². The van der Waals surface area contributed by atoms with E-state index in [2.05, 4.69) is 43.5 Å². The van der Waals surface area contributed by atoms with Crippen LogP contribution in [0.15, 0.2) is 117 Å². The van der Waals surface area contributed by atoms with Gasteiger partial charge >= 0.3 is 46.6 Å². The van der Waals surface area contributed by atoms with Gasteiger partial charge in [-0.05, 0) is 94.5 Å². The summed E-state index contributed by atoms with van der Waals surface area (Å²) in [5, 5.41) is 11.3. The van der Waals surface area contributed by atoms with Crippen molar-refractivity contribution >= 4 is 118 Å². The number of halogens is 4. The Morgan fingerprint density at radius 3 is 1.23 bits per heavy atom. The SMILES string of the molecule is CCCCn1c(=O)c2c(nc(Br)n2Cc2ccc(Cl)cc2)n(C)c1=O.CCCCn1c(=O)c2c(nc(SC)n2Cc2ccc(Cl)cc2)n(C)c1=O.C[S-].Cn1c(=O)n(CCCO)c(=O)c2c1nc(S(C)(=O)=O)n2Cc1ccc(Cl)cc1.[Na+]. The molecule has 21 nitrogen and oxygen atoms in total. The van der Waals surface area contributed by atoms with Gasteiger partial charge in [0.25, 0.3) is 16.7 Å². The minimum absolute atomic E-state index is 0. The van der Waals surface area contributed by atoms with E-state index in [1.54, 1.807) is 61.3 Å². The van der Waals surface area contributed by atoms with Gasteiger partial charge in [-0.2, -0.15) is 11.2 Å². The number of benzene rings is 3. The first-order valence-corrected chi connectivity index (χ1v) is 31.2. The van der Waals surface area contributed by atoms with E-state index in [1.807, 2.05) is 61.1 Å². The molecule has 0 aliphatic carbocycles. The zero-order chi connectivity index (χ0) is 59.6. The fourth-order valence-corrected chi connectivity index (χ4v) is 10.9. The molecule has 82 heavy (non-hydrogen) atoms. The number of sulfone groups is 1. The summed E-state index contributed by atoms with van der Waals surface area (Å²) in [4.78, 5) is 89.5. The molecule has 1 N–H and O–H groups in total. The van der Waals surface area contributed by atoms with Crippen molar-refractivity contribution in [1.29, 1.82) is 0 Å².